The van der Waals surface area contributed by atoms with Crippen molar-refractivity contribution in [2.75, 3.05) is 0 Å². The van der Waals surface area contributed by atoms with Crippen LogP contribution in [0.5, 0.6) is 5.75 Å². The Bertz CT molecular complexity index is 514. The van der Waals surface area contributed by atoms with Crippen LogP contribution in [0.15, 0.2) is 54.6 Å². The van der Waals surface area contributed by atoms with Crippen molar-refractivity contribution >= 4 is 5.97 Å². The molecule has 2 rings (SSSR count). The van der Waals surface area contributed by atoms with Gasteiger partial charge in [0.1, 0.15) is 5.75 Å². The number of esters is 1. The molecule has 0 radical (unpaired) electrons. The van der Waals surface area contributed by atoms with Gasteiger partial charge in [-0.3, -0.25) is 0 Å². The molecular formula is C14H12O2. The number of fused-ring (bicyclic) bond motifs is 1. The molecule has 0 saturated heterocycles. The van der Waals surface area contributed by atoms with Crippen molar-refractivity contribution in [3.8, 4) is 16.9 Å². The van der Waals surface area contributed by atoms with Gasteiger partial charge in [-0.1, -0.05) is 43.0 Å². The summed E-state index contributed by atoms with van der Waals surface area (Å²) in [5.74, 6) is 0.193. The number of hydrogen-bond donors (Lipinski definition) is 0. The Kier molecular flexibility index (Phi) is 2.73. The predicted molar refractivity (Wildman–Crippen MR) is 63.5 cm³/mol. The summed E-state index contributed by atoms with van der Waals surface area (Å²) in [4.78, 5) is 11.4. The second-order valence-corrected chi connectivity index (χ2v) is 3.65. The van der Waals surface area contributed by atoms with Crippen LogP contribution in [0.4, 0.5) is 0 Å². The van der Waals surface area contributed by atoms with Crippen LogP contribution >= 0.6 is 0 Å². The van der Waals surface area contributed by atoms with E-state index < -0.39 is 0 Å². The highest BCUT2D eigenvalue weighted by Crippen LogP contribution is 2.33. The van der Waals surface area contributed by atoms with E-state index in [1.54, 1.807) is 13.0 Å². The Hall–Kier alpha value is -2.09. The molecule has 80 valence electrons. The molecule has 0 aromatic heterocycles. The Morgan fingerprint density at radius 2 is 1.88 bits per heavy atom. The van der Waals surface area contributed by atoms with Crippen LogP contribution < -0.4 is 4.74 Å². The van der Waals surface area contributed by atoms with Gasteiger partial charge < -0.3 is 4.74 Å². The minimum atomic E-state index is -0.390. The standard InChI is InChI=1S/C14H12O2/c1-10(2)14(15)16-13-9-8-11-6-4-3-5-7-12(11)13/h3-9H,1H2,2H3. The SMILES string of the molecule is C=C(C)C(=O)Oc1ccc2cccccc1-2. The molecule has 0 spiro atoms. The number of ether oxygens (including phenoxy) is 1. The van der Waals surface area contributed by atoms with Crippen LogP contribution in [0.1, 0.15) is 6.92 Å². The topological polar surface area (TPSA) is 26.3 Å². The van der Waals surface area contributed by atoms with Crippen LogP contribution in [0, 0.1) is 0 Å². The van der Waals surface area contributed by atoms with E-state index in [9.17, 15) is 4.79 Å². The first-order valence-corrected chi connectivity index (χ1v) is 5.04. The van der Waals surface area contributed by atoms with Crippen molar-refractivity contribution in [1.29, 1.82) is 0 Å². The summed E-state index contributed by atoms with van der Waals surface area (Å²) in [6, 6.07) is 13.4. The second kappa shape index (κ2) is 4.19. The van der Waals surface area contributed by atoms with Gasteiger partial charge in [0.25, 0.3) is 0 Å². The molecule has 2 aliphatic carbocycles. The molecule has 0 unspecified atom stereocenters. The van der Waals surface area contributed by atoms with E-state index >= 15 is 0 Å². The average molecular weight is 212 g/mol. The first-order valence-electron chi connectivity index (χ1n) is 5.04. The molecule has 0 aliphatic heterocycles. The van der Waals surface area contributed by atoms with E-state index in [0.29, 0.717) is 11.3 Å². The molecular weight excluding hydrogens is 200 g/mol. The minimum absolute atomic E-state index is 0.390. The Morgan fingerprint density at radius 1 is 1.12 bits per heavy atom. The van der Waals surface area contributed by atoms with Crippen molar-refractivity contribution in [3.05, 3.63) is 54.6 Å². The summed E-state index contributed by atoms with van der Waals surface area (Å²) in [5, 5.41) is 0. The highest BCUT2D eigenvalue weighted by atomic mass is 16.5. The van der Waals surface area contributed by atoms with Crippen molar-refractivity contribution < 1.29 is 9.53 Å². The van der Waals surface area contributed by atoms with E-state index in [-0.39, 0.29) is 5.97 Å². The van der Waals surface area contributed by atoms with Crippen LogP contribution in [0.25, 0.3) is 11.1 Å². The lowest BCUT2D eigenvalue weighted by molar-refractivity contribution is -0.130. The fourth-order valence-electron chi connectivity index (χ4n) is 1.46. The monoisotopic (exact) mass is 212 g/mol. The van der Waals surface area contributed by atoms with Crippen LogP contribution in [0.2, 0.25) is 0 Å². The van der Waals surface area contributed by atoms with Gasteiger partial charge in [-0.25, -0.2) is 4.79 Å². The highest BCUT2D eigenvalue weighted by Gasteiger charge is 2.12. The largest absolute Gasteiger partial charge is 0.423 e. The number of rotatable bonds is 2. The molecule has 0 aromatic rings. The lowest BCUT2D eigenvalue weighted by Crippen LogP contribution is -2.07. The third kappa shape index (κ3) is 1.96. The van der Waals surface area contributed by atoms with Crippen LogP contribution in [-0.2, 0) is 4.79 Å². The first kappa shape index (κ1) is 10.4. The van der Waals surface area contributed by atoms with Gasteiger partial charge in [-0.05, 0) is 18.6 Å². The van der Waals surface area contributed by atoms with E-state index in [0.717, 1.165) is 11.1 Å². The van der Waals surface area contributed by atoms with Crippen LogP contribution in [-0.4, -0.2) is 5.97 Å². The number of carbonyl (C=O) groups is 1. The summed E-state index contributed by atoms with van der Waals surface area (Å²) in [5.41, 5.74) is 2.38. The fraction of sp³-hybridized carbons (Fsp3) is 0.0714. The van der Waals surface area contributed by atoms with Crippen molar-refractivity contribution in [3.63, 3.8) is 0 Å². The smallest absolute Gasteiger partial charge is 0.338 e. The summed E-state index contributed by atoms with van der Waals surface area (Å²) in [6.45, 7) is 5.19. The third-order valence-corrected chi connectivity index (χ3v) is 2.30. The maximum Gasteiger partial charge on any atom is 0.338 e. The zero-order valence-electron chi connectivity index (χ0n) is 9.07. The molecule has 0 aromatic carbocycles. The fourth-order valence-corrected chi connectivity index (χ4v) is 1.46. The Morgan fingerprint density at radius 3 is 2.62 bits per heavy atom. The maximum atomic E-state index is 11.4. The molecule has 2 aliphatic rings. The lowest BCUT2D eigenvalue weighted by Gasteiger charge is -2.03. The molecule has 0 heterocycles. The van der Waals surface area contributed by atoms with Gasteiger partial charge in [-0.15, -0.1) is 0 Å². The quantitative estimate of drug-likeness (QED) is 0.564. The van der Waals surface area contributed by atoms with Crippen molar-refractivity contribution in [1.82, 2.24) is 0 Å². The van der Waals surface area contributed by atoms with Crippen molar-refractivity contribution in [2.45, 2.75) is 6.92 Å². The third-order valence-electron chi connectivity index (χ3n) is 2.30. The van der Waals surface area contributed by atoms with E-state index in [2.05, 4.69) is 6.58 Å². The second-order valence-electron chi connectivity index (χ2n) is 3.65. The number of carbonyl (C=O) groups excluding carboxylic acids is 1. The van der Waals surface area contributed by atoms with E-state index in [1.165, 1.54) is 0 Å². The molecule has 16 heavy (non-hydrogen) atoms. The normalized spacial score (nSPS) is 10.1. The minimum Gasteiger partial charge on any atom is -0.423 e. The zero-order chi connectivity index (χ0) is 11.5. The summed E-state index contributed by atoms with van der Waals surface area (Å²) >= 11 is 0. The average Bonchev–Trinajstić information content (AvgIpc) is 2.50. The summed E-state index contributed by atoms with van der Waals surface area (Å²) in [7, 11) is 0. The lowest BCUT2D eigenvalue weighted by atomic mass is 10.2. The molecule has 2 nitrogen and oxygen atoms in total. The first-order chi connectivity index (χ1) is 7.68. The molecule has 0 atom stereocenters. The predicted octanol–water partition coefficient (Wildman–Crippen LogP) is 3.27. The van der Waals surface area contributed by atoms with Gasteiger partial charge in [0.15, 0.2) is 0 Å². The molecule has 2 heteroatoms. The van der Waals surface area contributed by atoms with Gasteiger partial charge in [0, 0.05) is 11.1 Å². The van der Waals surface area contributed by atoms with Crippen LogP contribution in [0.3, 0.4) is 0 Å². The van der Waals surface area contributed by atoms with Gasteiger partial charge >= 0.3 is 5.97 Å². The van der Waals surface area contributed by atoms with E-state index in [1.807, 2.05) is 36.4 Å². The van der Waals surface area contributed by atoms with Gasteiger partial charge in [0.2, 0.25) is 0 Å². The maximum absolute atomic E-state index is 11.4. The van der Waals surface area contributed by atoms with Gasteiger partial charge in [-0.2, -0.15) is 0 Å². The Balaban J connectivity index is 2.35. The molecule has 0 amide bonds. The van der Waals surface area contributed by atoms with E-state index in [4.69, 9.17) is 4.74 Å². The molecule has 0 fully saturated rings. The summed E-state index contributed by atoms with van der Waals surface area (Å²) < 4.78 is 5.23. The van der Waals surface area contributed by atoms with Crippen molar-refractivity contribution in [2.24, 2.45) is 0 Å². The van der Waals surface area contributed by atoms with Gasteiger partial charge in [0.05, 0.1) is 0 Å². The molecule has 0 bridgehead atoms. The zero-order valence-corrected chi connectivity index (χ0v) is 9.07. The molecule has 0 saturated carbocycles. The summed E-state index contributed by atoms with van der Waals surface area (Å²) in [6.07, 6.45) is 0. The number of hydrogen-bond acceptors (Lipinski definition) is 2. The highest BCUT2D eigenvalue weighted by molar-refractivity contribution is 5.90. The Labute approximate surface area is 94.5 Å². The molecule has 0 N–H and O–H groups in total.